The molecule has 0 spiro atoms. The normalized spacial score (nSPS) is 17.4. The fraction of sp³-hybridized carbons (Fsp3) is 0.185. The van der Waals surface area contributed by atoms with Crippen LogP contribution in [0.5, 0.6) is 5.75 Å². The van der Waals surface area contributed by atoms with Gasteiger partial charge in [0.2, 0.25) is 11.7 Å². The molecule has 5 N–H and O–H groups in total. The van der Waals surface area contributed by atoms with Crippen molar-refractivity contribution in [3.63, 3.8) is 0 Å². The highest BCUT2D eigenvalue weighted by molar-refractivity contribution is 6.15. The molecular formula is C27H26N4O4. The molecule has 3 aromatic carbocycles. The highest BCUT2D eigenvalue weighted by atomic mass is 16.3. The molecule has 35 heavy (non-hydrogen) atoms. The number of fused-ring (bicyclic) bond motifs is 1. The van der Waals surface area contributed by atoms with Crippen molar-refractivity contribution in [2.75, 3.05) is 10.6 Å². The molecule has 0 saturated carbocycles. The van der Waals surface area contributed by atoms with E-state index in [0.717, 1.165) is 11.1 Å². The molecule has 0 aliphatic carbocycles. The first-order valence-corrected chi connectivity index (χ1v) is 11.4. The first-order chi connectivity index (χ1) is 16.9. The maximum absolute atomic E-state index is 13.2. The first kappa shape index (κ1) is 22.6. The van der Waals surface area contributed by atoms with Gasteiger partial charge < -0.3 is 20.2 Å². The summed E-state index contributed by atoms with van der Waals surface area (Å²) in [4.78, 5) is 26.3. The number of hydrogen-bond donors (Lipinski definition) is 5. The minimum Gasteiger partial charge on any atom is -0.508 e. The number of aryl methyl sites for hydroxylation is 2. The molecule has 1 aromatic heterocycles. The van der Waals surface area contributed by atoms with Crippen molar-refractivity contribution in [3.8, 4) is 5.75 Å². The quantitative estimate of drug-likeness (QED) is 0.292. The fourth-order valence-corrected chi connectivity index (χ4v) is 4.33. The Morgan fingerprint density at radius 2 is 1.74 bits per heavy atom. The molecule has 1 fully saturated rings. The van der Waals surface area contributed by atoms with E-state index in [1.807, 2.05) is 50.2 Å². The van der Waals surface area contributed by atoms with Crippen LogP contribution >= 0.6 is 0 Å². The van der Waals surface area contributed by atoms with Crippen molar-refractivity contribution in [1.82, 2.24) is 10.9 Å². The molecular weight excluding hydrogens is 444 g/mol. The third-order valence-electron chi connectivity index (χ3n) is 6.11. The second kappa shape index (κ2) is 9.25. The molecule has 8 heteroatoms. The Morgan fingerprint density at radius 1 is 0.943 bits per heavy atom. The van der Waals surface area contributed by atoms with Crippen LogP contribution in [0.3, 0.4) is 0 Å². The Balaban J connectivity index is 1.37. The summed E-state index contributed by atoms with van der Waals surface area (Å²) in [6, 6.07) is 19.3. The number of carbonyl (C=O) groups is 2. The van der Waals surface area contributed by atoms with Crippen molar-refractivity contribution < 1.29 is 19.1 Å². The SMILES string of the molecule is Cc1cccc(NC(=O)c2oc3ccccc3c2NC(=O)C2CC(c3ccc(C)cc3O)NN2)c1. The predicted octanol–water partition coefficient (Wildman–Crippen LogP) is 4.55. The summed E-state index contributed by atoms with van der Waals surface area (Å²) in [6.45, 7) is 3.84. The number of hydrazine groups is 1. The van der Waals surface area contributed by atoms with Crippen LogP contribution in [0.1, 0.15) is 39.7 Å². The Labute approximate surface area is 202 Å². The molecule has 2 heterocycles. The standard InChI is InChI=1S/C27H26N4O4/c1-15-6-5-7-17(12-15)28-27(34)25-24(19-8-3-4-9-23(19)35-25)29-26(33)21-14-20(30-31-21)18-11-10-16(2)13-22(18)32/h3-13,20-21,30-32H,14H2,1-2H3,(H,28,34)(H,29,33). The Hall–Kier alpha value is -4.14. The van der Waals surface area contributed by atoms with E-state index in [2.05, 4.69) is 21.5 Å². The average Bonchev–Trinajstić information content (AvgIpc) is 3.45. The van der Waals surface area contributed by atoms with Gasteiger partial charge in [0.05, 0.1) is 6.04 Å². The maximum atomic E-state index is 13.2. The van der Waals surface area contributed by atoms with Gasteiger partial charge in [0.25, 0.3) is 5.91 Å². The number of hydrogen-bond acceptors (Lipinski definition) is 6. The number of benzene rings is 3. The number of phenolic OH excluding ortho intramolecular Hbond substituents is 1. The number of aromatic hydroxyl groups is 1. The maximum Gasteiger partial charge on any atom is 0.293 e. The highest BCUT2D eigenvalue weighted by Gasteiger charge is 2.33. The molecule has 1 saturated heterocycles. The summed E-state index contributed by atoms with van der Waals surface area (Å²) in [6.07, 6.45) is 0.420. The molecule has 2 atom stereocenters. The van der Waals surface area contributed by atoms with Gasteiger partial charge in [0, 0.05) is 16.6 Å². The third-order valence-corrected chi connectivity index (χ3v) is 6.11. The van der Waals surface area contributed by atoms with Gasteiger partial charge in [-0.25, -0.2) is 10.9 Å². The molecule has 4 aromatic rings. The van der Waals surface area contributed by atoms with Gasteiger partial charge in [-0.1, -0.05) is 36.4 Å². The van der Waals surface area contributed by atoms with Gasteiger partial charge in [-0.05, 0) is 61.7 Å². The van der Waals surface area contributed by atoms with Crippen LogP contribution in [0, 0.1) is 13.8 Å². The largest absolute Gasteiger partial charge is 0.508 e. The average molecular weight is 471 g/mol. The van der Waals surface area contributed by atoms with E-state index in [4.69, 9.17) is 4.42 Å². The topological polar surface area (TPSA) is 116 Å². The lowest BCUT2D eigenvalue weighted by atomic mass is 9.99. The summed E-state index contributed by atoms with van der Waals surface area (Å²) in [5.41, 5.74) is 10.2. The molecule has 1 aliphatic heterocycles. The van der Waals surface area contributed by atoms with Crippen LogP contribution < -0.4 is 21.5 Å². The van der Waals surface area contributed by atoms with E-state index in [-0.39, 0.29) is 23.5 Å². The number of phenols is 1. The fourth-order valence-electron chi connectivity index (χ4n) is 4.33. The number of amides is 2. The van der Waals surface area contributed by atoms with E-state index < -0.39 is 11.9 Å². The van der Waals surface area contributed by atoms with Gasteiger partial charge in [-0.3, -0.25) is 9.59 Å². The lowest BCUT2D eigenvalue weighted by molar-refractivity contribution is -0.117. The van der Waals surface area contributed by atoms with Gasteiger partial charge in [0.15, 0.2) is 0 Å². The number of nitrogens with one attached hydrogen (secondary N) is 4. The molecule has 2 amide bonds. The second-order valence-electron chi connectivity index (χ2n) is 8.81. The summed E-state index contributed by atoms with van der Waals surface area (Å²) in [5, 5.41) is 16.7. The van der Waals surface area contributed by atoms with Crippen molar-refractivity contribution in [2.45, 2.75) is 32.4 Å². The third kappa shape index (κ3) is 4.62. The lowest BCUT2D eigenvalue weighted by Crippen LogP contribution is -2.39. The second-order valence-corrected chi connectivity index (χ2v) is 8.81. The van der Waals surface area contributed by atoms with Gasteiger partial charge in [-0.2, -0.15) is 0 Å². The molecule has 0 bridgehead atoms. The molecule has 1 aliphatic rings. The zero-order chi connectivity index (χ0) is 24.5. The zero-order valence-electron chi connectivity index (χ0n) is 19.4. The van der Waals surface area contributed by atoms with E-state index in [9.17, 15) is 14.7 Å². The van der Waals surface area contributed by atoms with Crippen molar-refractivity contribution in [1.29, 1.82) is 0 Å². The van der Waals surface area contributed by atoms with Crippen LogP contribution in [-0.4, -0.2) is 23.0 Å². The monoisotopic (exact) mass is 470 g/mol. The van der Waals surface area contributed by atoms with Crippen molar-refractivity contribution in [3.05, 3.63) is 89.2 Å². The van der Waals surface area contributed by atoms with E-state index in [1.165, 1.54) is 0 Å². The van der Waals surface area contributed by atoms with E-state index >= 15 is 0 Å². The van der Waals surface area contributed by atoms with Crippen LogP contribution in [0.15, 0.2) is 71.1 Å². The van der Waals surface area contributed by atoms with Crippen LogP contribution in [0.25, 0.3) is 11.0 Å². The summed E-state index contributed by atoms with van der Waals surface area (Å²) in [5.74, 6) is -0.564. The minimum atomic E-state index is -0.581. The molecule has 2 unspecified atom stereocenters. The zero-order valence-corrected chi connectivity index (χ0v) is 19.4. The Kier molecular flexibility index (Phi) is 5.98. The van der Waals surface area contributed by atoms with Gasteiger partial charge in [0.1, 0.15) is 23.1 Å². The minimum absolute atomic E-state index is 0.0275. The number of anilines is 2. The molecule has 5 rings (SSSR count). The van der Waals surface area contributed by atoms with Gasteiger partial charge in [-0.15, -0.1) is 0 Å². The molecule has 8 nitrogen and oxygen atoms in total. The molecule has 178 valence electrons. The van der Waals surface area contributed by atoms with Gasteiger partial charge >= 0.3 is 0 Å². The summed E-state index contributed by atoms with van der Waals surface area (Å²) < 4.78 is 5.85. The van der Waals surface area contributed by atoms with Crippen LogP contribution in [0.4, 0.5) is 11.4 Å². The predicted molar refractivity (Wildman–Crippen MR) is 134 cm³/mol. The van der Waals surface area contributed by atoms with Crippen molar-refractivity contribution >= 4 is 34.2 Å². The Bertz CT molecular complexity index is 1430. The summed E-state index contributed by atoms with van der Waals surface area (Å²) in [7, 11) is 0. The summed E-state index contributed by atoms with van der Waals surface area (Å²) >= 11 is 0. The van der Waals surface area contributed by atoms with E-state index in [1.54, 1.807) is 30.3 Å². The number of furan rings is 1. The number of carbonyl (C=O) groups excluding carboxylic acids is 2. The van der Waals surface area contributed by atoms with Crippen LogP contribution in [-0.2, 0) is 4.79 Å². The molecule has 0 radical (unpaired) electrons. The lowest BCUT2D eigenvalue weighted by Gasteiger charge is -2.13. The highest BCUT2D eigenvalue weighted by Crippen LogP contribution is 2.33. The number of rotatable bonds is 5. The van der Waals surface area contributed by atoms with E-state index in [0.29, 0.717) is 34.3 Å². The first-order valence-electron chi connectivity index (χ1n) is 11.4. The van der Waals surface area contributed by atoms with Crippen molar-refractivity contribution in [2.24, 2.45) is 0 Å². The Morgan fingerprint density at radius 3 is 2.54 bits per heavy atom. The number of para-hydroxylation sites is 1. The smallest absolute Gasteiger partial charge is 0.293 e. The van der Waals surface area contributed by atoms with Crippen LogP contribution in [0.2, 0.25) is 0 Å².